The number of halogens is 1. The summed E-state index contributed by atoms with van der Waals surface area (Å²) in [5.74, 6) is -0.415. The molecule has 0 fully saturated rings. The van der Waals surface area contributed by atoms with Crippen LogP contribution in [0.3, 0.4) is 0 Å². The van der Waals surface area contributed by atoms with E-state index in [9.17, 15) is 9.59 Å². The third-order valence-electron chi connectivity index (χ3n) is 2.76. The van der Waals surface area contributed by atoms with Crippen LogP contribution in [-0.2, 0) is 0 Å². The first-order chi connectivity index (χ1) is 9.13. The topological polar surface area (TPSA) is 89.5 Å². The van der Waals surface area contributed by atoms with Gasteiger partial charge in [0.05, 0.1) is 0 Å². The number of hydrogen-bond donors (Lipinski definition) is 2. The lowest BCUT2D eigenvalue weighted by molar-refractivity contribution is 0.0951. The number of nitrogens with two attached hydrogens (primary N) is 1. The Morgan fingerprint density at radius 2 is 2.20 bits per heavy atom. The Morgan fingerprint density at radius 3 is 2.90 bits per heavy atom. The van der Waals surface area contributed by atoms with Gasteiger partial charge in [0.15, 0.2) is 0 Å². The zero-order valence-corrected chi connectivity index (χ0v) is 11.9. The molecule has 7 heteroatoms. The first-order valence-corrected chi connectivity index (χ1v) is 6.10. The van der Waals surface area contributed by atoms with Gasteiger partial charge < -0.3 is 11.1 Å². The fraction of sp³-hybridized carbons (Fsp3) is 0.308. The maximum Gasteiger partial charge on any atom is 0.270 e. The molecule has 2 aromatic heterocycles. The molecule has 0 aromatic carbocycles. The highest BCUT2D eigenvalue weighted by Crippen LogP contribution is 2.01. The molecule has 1 amide bonds. The average Bonchev–Trinajstić information content (AvgIpc) is 2.40. The smallest absolute Gasteiger partial charge is 0.270 e. The average molecular weight is 297 g/mol. The molecule has 0 aliphatic rings. The van der Waals surface area contributed by atoms with E-state index in [0.717, 1.165) is 5.56 Å². The number of aromatic nitrogens is 2. The third-order valence-corrected chi connectivity index (χ3v) is 2.76. The summed E-state index contributed by atoms with van der Waals surface area (Å²) in [5.41, 5.74) is 6.47. The predicted octanol–water partition coefficient (Wildman–Crippen LogP) is 0.503. The van der Waals surface area contributed by atoms with Gasteiger partial charge in [-0.05, 0) is 31.5 Å². The van der Waals surface area contributed by atoms with Gasteiger partial charge in [0.1, 0.15) is 11.2 Å². The minimum absolute atomic E-state index is 0. The van der Waals surface area contributed by atoms with Gasteiger partial charge in [-0.3, -0.25) is 14.0 Å². The Morgan fingerprint density at radius 1 is 1.45 bits per heavy atom. The first-order valence-electron chi connectivity index (χ1n) is 6.10. The van der Waals surface area contributed by atoms with E-state index >= 15 is 0 Å². The van der Waals surface area contributed by atoms with E-state index in [-0.39, 0.29) is 23.5 Å². The molecule has 20 heavy (non-hydrogen) atoms. The number of rotatable bonds is 4. The quantitative estimate of drug-likeness (QED) is 0.804. The molecule has 0 saturated carbocycles. The van der Waals surface area contributed by atoms with Crippen LogP contribution in [0.4, 0.5) is 0 Å². The third kappa shape index (κ3) is 3.34. The van der Waals surface area contributed by atoms with Crippen LogP contribution in [0.2, 0.25) is 0 Å². The summed E-state index contributed by atoms with van der Waals surface area (Å²) in [6.07, 6.45) is 3.65. The Kier molecular flexibility index (Phi) is 5.66. The fourth-order valence-corrected chi connectivity index (χ4v) is 1.74. The molecule has 2 aromatic rings. The number of aryl methyl sites for hydroxylation is 1. The predicted molar refractivity (Wildman–Crippen MR) is 79.5 cm³/mol. The molecule has 0 aliphatic carbocycles. The molecular formula is C13H17ClN4O2. The van der Waals surface area contributed by atoms with Crippen LogP contribution in [0.25, 0.3) is 5.65 Å². The second-order valence-corrected chi connectivity index (χ2v) is 4.31. The minimum atomic E-state index is -0.415. The molecule has 0 unspecified atom stereocenters. The molecule has 0 spiro atoms. The van der Waals surface area contributed by atoms with Gasteiger partial charge in [0, 0.05) is 18.9 Å². The molecule has 2 heterocycles. The van der Waals surface area contributed by atoms with Crippen LogP contribution < -0.4 is 16.6 Å². The first kappa shape index (κ1) is 16.1. The molecule has 108 valence electrons. The van der Waals surface area contributed by atoms with Crippen molar-refractivity contribution >= 4 is 24.0 Å². The summed E-state index contributed by atoms with van der Waals surface area (Å²) in [7, 11) is 0. The minimum Gasteiger partial charge on any atom is -0.352 e. The number of nitrogens with zero attached hydrogens (tertiary/aromatic N) is 2. The summed E-state index contributed by atoms with van der Waals surface area (Å²) < 4.78 is 1.38. The molecule has 3 N–H and O–H groups in total. The molecule has 0 atom stereocenters. The largest absolute Gasteiger partial charge is 0.352 e. The van der Waals surface area contributed by atoms with Gasteiger partial charge in [-0.25, -0.2) is 4.98 Å². The van der Waals surface area contributed by atoms with Gasteiger partial charge in [0.25, 0.3) is 11.5 Å². The second-order valence-electron chi connectivity index (χ2n) is 4.31. The monoisotopic (exact) mass is 296 g/mol. The molecule has 0 saturated heterocycles. The van der Waals surface area contributed by atoms with Crippen LogP contribution >= 0.6 is 12.4 Å². The van der Waals surface area contributed by atoms with Crippen molar-refractivity contribution < 1.29 is 4.79 Å². The normalized spacial score (nSPS) is 10.1. The highest BCUT2D eigenvalue weighted by molar-refractivity contribution is 5.93. The number of hydrogen-bond acceptors (Lipinski definition) is 4. The van der Waals surface area contributed by atoms with E-state index in [1.807, 2.05) is 13.0 Å². The maximum absolute atomic E-state index is 12.2. The number of fused-ring (bicyclic) bond motifs is 1. The Hall–Kier alpha value is -1.92. The highest BCUT2D eigenvalue weighted by Gasteiger charge is 2.12. The van der Waals surface area contributed by atoms with E-state index in [4.69, 9.17) is 5.73 Å². The van der Waals surface area contributed by atoms with Crippen molar-refractivity contribution in [2.45, 2.75) is 13.3 Å². The number of pyridine rings is 1. The second kappa shape index (κ2) is 7.02. The molecular weight excluding hydrogens is 280 g/mol. The van der Waals surface area contributed by atoms with Crippen molar-refractivity contribution in [1.29, 1.82) is 0 Å². The number of carbonyl (C=O) groups excluding carboxylic acids is 1. The van der Waals surface area contributed by atoms with E-state index in [1.165, 1.54) is 10.6 Å². The molecule has 2 rings (SSSR count). The van der Waals surface area contributed by atoms with Crippen LogP contribution in [0, 0.1) is 6.92 Å². The molecule has 0 aliphatic heterocycles. The summed E-state index contributed by atoms with van der Waals surface area (Å²) >= 11 is 0. The van der Waals surface area contributed by atoms with Crippen LogP contribution in [-0.4, -0.2) is 28.4 Å². The fourth-order valence-electron chi connectivity index (χ4n) is 1.74. The van der Waals surface area contributed by atoms with Crippen molar-refractivity contribution in [3.63, 3.8) is 0 Å². The Labute approximate surface area is 122 Å². The molecule has 6 nitrogen and oxygen atoms in total. The van der Waals surface area contributed by atoms with Crippen LogP contribution in [0.5, 0.6) is 0 Å². The van der Waals surface area contributed by atoms with Crippen LogP contribution in [0.15, 0.2) is 29.3 Å². The van der Waals surface area contributed by atoms with E-state index in [2.05, 4.69) is 10.3 Å². The maximum atomic E-state index is 12.2. The zero-order chi connectivity index (χ0) is 13.8. The standard InChI is InChI=1S/C13H16N4O2.ClH/c1-9-3-4-11-16-7-10(13(19)17(11)8-9)12(18)15-6-2-5-14;/h3-4,7-8H,2,5-6,14H2,1H3,(H,15,18);1H. The van der Waals surface area contributed by atoms with Gasteiger partial charge in [-0.1, -0.05) is 6.07 Å². The Bertz CT molecular complexity index is 669. The SMILES string of the molecule is Cc1ccc2ncc(C(=O)NCCCN)c(=O)n2c1.Cl. The summed E-state index contributed by atoms with van der Waals surface area (Å²) in [6.45, 7) is 2.82. The van der Waals surface area contributed by atoms with E-state index in [0.29, 0.717) is 25.2 Å². The van der Waals surface area contributed by atoms with Gasteiger partial charge >= 0.3 is 0 Å². The number of carbonyl (C=O) groups is 1. The van der Waals surface area contributed by atoms with Crippen molar-refractivity contribution in [2.24, 2.45) is 5.73 Å². The summed E-state index contributed by atoms with van der Waals surface area (Å²) in [4.78, 5) is 28.2. The molecule has 0 bridgehead atoms. The summed E-state index contributed by atoms with van der Waals surface area (Å²) in [6, 6.07) is 3.61. The lowest BCUT2D eigenvalue weighted by atomic mass is 10.2. The number of nitrogens with one attached hydrogen (secondary N) is 1. The van der Waals surface area contributed by atoms with Gasteiger partial charge in [0.2, 0.25) is 0 Å². The highest BCUT2D eigenvalue weighted by atomic mass is 35.5. The van der Waals surface area contributed by atoms with Crippen molar-refractivity contribution in [3.05, 3.63) is 46.0 Å². The van der Waals surface area contributed by atoms with Crippen molar-refractivity contribution in [2.75, 3.05) is 13.1 Å². The van der Waals surface area contributed by atoms with E-state index in [1.54, 1.807) is 12.3 Å². The summed E-state index contributed by atoms with van der Waals surface area (Å²) in [5, 5.41) is 2.65. The molecule has 0 radical (unpaired) electrons. The Balaban J connectivity index is 0.00000200. The lowest BCUT2D eigenvalue weighted by Gasteiger charge is -2.06. The van der Waals surface area contributed by atoms with E-state index < -0.39 is 5.91 Å². The van der Waals surface area contributed by atoms with Gasteiger partial charge in [-0.2, -0.15) is 0 Å². The van der Waals surface area contributed by atoms with Crippen molar-refractivity contribution in [1.82, 2.24) is 14.7 Å². The van der Waals surface area contributed by atoms with Crippen molar-refractivity contribution in [3.8, 4) is 0 Å². The number of amides is 1. The van der Waals surface area contributed by atoms with Gasteiger partial charge in [-0.15, -0.1) is 12.4 Å². The lowest BCUT2D eigenvalue weighted by Crippen LogP contribution is -2.32. The van der Waals surface area contributed by atoms with Crippen LogP contribution in [0.1, 0.15) is 22.3 Å². The zero-order valence-electron chi connectivity index (χ0n) is 11.1.